The average Bonchev–Trinajstić information content (AvgIpc) is 3.09. The van der Waals surface area contributed by atoms with Crippen molar-refractivity contribution in [3.05, 3.63) is 46.1 Å². The van der Waals surface area contributed by atoms with E-state index in [1.54, 1.807) is 25.3 Å². The Labute approximate surface area is 228 Å². The van der Waals surface area contributed by atoms with Gasteiger partial charge in [-0.05, 0) is 48.7 Å². The molecule has 11 heteroatoms. The first kappa shape index (κ1) is 26.3. The number of aromatic nitrogens is 2. The van der Waals surface area contributed by atoms with E-state index in [2.05, 4.69) is 14.9 Å². The van der Waals surface area contributed by atoms with E-state index >= 15 is 0 Å². The van der Waals surface area contributed by atoms with E-state index in [0.717, 1.165) is 17.5 Å². The van der Waals surface area contributed by atoms with Crippen LogP contribution in [0.2, 0.25) is 0 Å². The van der Waals surface area contributed by atoms with E-state index in [0.29, 0.717) is 46.5 Å². The van der Waals surface area contributed by atoms with Crippen molar-refractivity contribution in [3.8, 4) is 11.3 Å². The molecule has 1 saturated carbocycles. The fourth-order valence-corrected chi connectivity index (χ4v) is 7.23. The van der Waals surface area contributed by atoms with Crippen LogP contribution >= 0.6 is 11.3 Å². The number of amides is 2. The number of halogens is 3. The molecule has 2 unspecified atom stereocenters. The predicted octanol–water partition coefficient (Wildman–Crippen LogP) is 4.70. The Hall–Kier alpha value is -2.89. The fourth-order valence-electron chi connectivity index (χ4n) is 6.11. The number of ether oxygens (including phenoxy) is 1. The van der Waals surface area contributed by atoms with Gasteiger partial charge in [0.15, 0.2) is 0 Å². The summed E-state index contributed by atoms with van der Waals surface area (Å²) in [6.45, 7) is 7.71. The van der Waals surface area contributed by atoms with Crippen molar-refractivity contribution in [1.82, 2.24) is 19.8 Å². The highest BCUT2D eigenvalue weighted by Crippen LogP contribution is 2.63. The second kappa shape index (κ2) is 9.07. The van der Waals surface area contributed by atoms with Crippen LogP contribution in [0, 0.1) is 24.2 Å². The zero-order chi connectivity index (χ0) is 27.9. The topological polar surface area (TPSA) is 75.6 Å². The molecule has 5 heterocycles. The molecule has 0 N–H and O–H groups in total. The molecule has 3 aromatic rings. The van der Waals surface area contributed by atoms with Crippen molar-refractivity contribution in [2.24, 2.45) is 17.3 Å². The predicted molar refractivity (Wildman–Crippen MR) is 140 cm³/mol. The lowest BCUT2D eigenvalue weighted by Gasteiger charge is -2.31. The summed E-state index contributed by atoms with van der Waals surface area (Å²) in [7, 11) is 1.99. The molecule has 39 heavy (non-hydrogen) atoms. The number of rotatable bonds is 5. The SMILES string of the molecule is Cc1cc(C(F)(F)F)nc(-c2ccnc3cc(CN4C(=O)C5C(C4=O)C5(C)C)sc23)c1C[C@@H]1CN(C)CCO1. The lowest BCUT2D eigenvalue weighted by atomic mass is 9.95. The number of hydrogen-bond acceptors (Lipinski definition) is 7. The average molecular weight is 559 g/mol. The van der Waals surface area contributed by atoms with Crippen molar-refractivity contribution in [2.45, 2.75) is 46.0 Å². The first-order valence-electron chi connectivity index (χ1n) is 13.0. The quantitative estimate of drug-likeness (QED) is 0.423. The molecule has 2 saturated heterocycles. The first-order valence-corrected chi connectivity index (χ1v) is 13.8. The molecule has 6 rings (SSSR count). The minimum Gasteiger partial charge on any atom is -0.375 e. The number of fused-ring (bicyclic) bond motifs is 2. The summed E-state index contributed by atoms with van der Waals surface area (Å²) >= 11 is 1.33. The number of morpholine rings is 1. The fraction of sp³-hybridized carbons (Fsp3) is 0.500. The zero-order valence-electron chi connectivity index (χ0n) is 22.1. The third-order valence-electron chi connectivity index (χ3n) is 8.33. The maximum Gasteiger partial charge on any atom is 0.433 e. The number of thiophene rings is 1. The van der Waals surface area contributed by atoms with Crippen LogP contribution in [0.25, 0.3) is 21.5 Å². The number of piperidine rings is 1. The van der Waals surface area contributed by atoms with E-state index in [9.17, 15) is 22.8 Å². The van der Waals surface area contributed by atoms with Gasteiger partial charge in [-0.1, -0.05) is 13.8 Å². The van der Waals surface area contributed by atoms with Gasteiger partial charge < -0.3 is 9.64 Å². The summed E-state index contributed by atoms with van der Waals surface area (Å²) < 4.78 is 48.1. The smallest absolute Gasteiger partial charge is 0.375 e. The normalized spacial score (nSPS) is 25.0. The number of pyridine rings is 2. The summed E-state index contributed by atoms with van der Waals surface area (Å²) in [5.41, 5.74) is 1.37. The molecule has 3 aliphatic rings. The number of carbonyl (C=O) groups excluding carboxylic acids is 2. The highest BCUT2D eigenvalue weighted by Gasteiger charge is 2.72. The molecule has 1 aliphatic carbocycles. The van der Waals surface area contributed by atoms with Gasteiger partial charge >= 0.3 is 6.18 Å². The molecule has 0 spiro atoms. The van der Waals surface area contributed by atoms with E-state index in [1.165, 1.54) is 16.2 Å². The molecule has 0 radical (unpaired) electrons. The Morgan fingerprint density at radius 2 is 1.90 bits per heavy atom. The van der Waals surface area contributed by atoms with Gasteiger partial charge in [-0.3, -0.25) is 19.5 Å². The molecule has 3 aromatic heterocycles. The van der Waals surface area contributed by atoms with Crippen molar-refractivity contribution < 1.29 is 27.5 Å². The standard InChI is InChI=1S/C28H29F3N4O3S/c1-14-9-20(28(29,30)31)33-23(18(14)10-15-12-34(4)7-8-38-15)17-5-6-32-19-11-16(39-24(17)19)13-35-25(36)21-22(26(35)37)27(21,2)3/h5-6,9,11,15,21-22H,7-8,10,12-13H2,1-4H3/t15-,21?,22?/m1/s1. The van der Waals surface area contributed by atoms with Crippen LogP contribution in [0.5, 0.6) is 0 Å². The van der Waals surface area contributed by atoms with Crippen molar-refractivity contribution >= 4 is 33.4 Å². The van der Waals surface area contributed by atoms with Crippen molar-refractivity contribution in [3.63, 3.8) is 0 Å². The monoisotopic (exact) mass is 558 g/mol. The zero-order valence-corrected chi connectivity index (χ0v) is 22.9. The molecule has 7 nitrogen and oxygen atoms in total. The molecular weight excluding hydrogens is 529 g/mol. The van der Waals surface area contributed by atoms with Crippen molar-refractivity contribution in [1.29, 1.82) is 0 Å². The van der Waals surface area contributed by atoms with E-state index in [4.69, 9.17) is 4.74 Å². The molecule has 0 aromatic carbocycles. The molecule has 0 bridgehead atoms. The van der Waals surface area contributed by atoms with Gasteiger partial charge in [0.1, 0.15) is 5.69 Å². The van der Waals surface area contributed by atoms with Gasteiger partial charge in [0.05, 0.1) is 47.0 Å². The van der Waals surface area contributed by atoms with E-state index in [1.807, 2.05) is 20.9 Å². The van der Waals surface area contributed by atoms with Gasteiger partial charge in [0.25, 0.3) is 0 Å². The number of aryl methyl sites for hydroxylation is 1. The highest BCUT2D eigenvalue weighted by atomic mass is 32.1. The van der Waals surface area contributed by atoms with Crippen LogP contribution in [-0.2, 0) is 33.5 Å². The van der Waals surface area contributed by atoms with Gasteiger partial charge in [0.2, 0.25) is 11.8 Å². The molecule has 2 aliphatic heterocycles. The molecule has 206 valence electrons. The lowest BCUT2D eigenvalue weighted by molar-refractivity contribution is -0.144. The van der Waals surface area contributed by atoms with Crippen LogP contribution < -0.4 is 0 Å². The van der Waals surface area contributed by atoms with Crippen LogP contribution in [0.4, 0.5) is 13.2 Å². The summed E-state index contributed by atoms with van der Waals surface area (Å²) in [5, 5.41) is 0. The largest absolute Gasteiger partial charge is 0.433 e. The Morgan fingerprint density at radius 1 is 1.18 bits per heavy atom. The highest BCUT2D eigenvalue weighted by molar-refractivity contribution is 7.19. The Balaban J connectivity index is 1.39. The number of imide groups is 1. The van der Waals surface area contributed by atoms with Crippen LogP contribution in [-0.4, -0.2) is 64.4 Å². The molecule has 3 fully saturated rings. The summed E-state index contributed by atoms with van der Waals surface area (Å²) in [6, 6.07) is 4.59. The van der Waals surface area contributed by atoms with Gasteiger partial charge in [0, 0.05) is 36.1 Å². The van der Waals surface area contributed by atoms with Gasteiger partial charge in [-0.25, -0.2) is 4.98 Å². The molecule has 3 atom stereocenters. The van der Waals surface area contributed by atoms with Crippen LogP contribution in [0.15, 0.2) is 24.4 Å². The Bertz CT molecular complexity index is 1480. The second-order valence-corrected chi connectivity index (χ2v) is 12.6. The maximum absolute atomic E-state index is 13.8. The molecular formula is C28H29F3N4O3S. The minimum absolute atomic E-state index is 0.130. The summed E-state index contributed by atoms with van der Waals surface area (Å²) in [5.74, 6) is -0.853. The van der Waals surface area contributed by atoms with E-state index in [-0.39, 0.29) is 47.4 Å². The maximum atomic E-state index is 13.8. The lowest BCUT2D eigenvalue weighted by Crippen LogP contribution is -2.41. The number of nitrogens with zero attached hydrogens (tertiary/aromatic N) is 4. The summed E-state index contributed by atoms with van der Waals surface area (Å²) in [4.78, 5) is 38.5. The van der Waals surface area contributed by atoms with E-state index < -0.39 is 11.9 Å². The minimum atomic E-state index is -4.60. The number of carbonyl (C=O) groups is 2. The van der Waals surface area contributed by atoms with Gasteiger partial charge in [-0.15, -0.1) is 11.3 Å². The van der Waals surface area contributed by atoms with Gasteiger partial charge in [-0.2, -0.15) is 13.2 Å². The number of alkyl halides is 3. The second-order valence-electron chi connectivity index (χ2n) is 11.4. The molecule has 2 amide bonds. The Morgan fingerprint density at radius 3 is 2.56 bits per heavy atom. The Kier molecular flexibility index (Phi) is 6.13. The number of hydrogen-bond donors (Lipinski definition) is 0. The number of likely N-dealkylation sites (N-methyl/N-ethyl adjacent to an activating group) is 1. The first-order chi connectivity index (χ1) is 18.4. The van der Waals surface area contributed by atoms with Crippen LogP contribution in [0.1, 0.15) is 35.5 Å². The number of likely N-dealkylation sites (tertiary alicyclic amines) is 1. The summed E-state index contributed by atoms with van der Waals surface area (Å²) in [6.07, 6.45) is -2.78. The van der Waals surface area contributed by atoms with Crippen molar-refractivity contribution in [2.75, 3.05) is 26.7 Å². The van der Waals surface area contributed by atoms with Crippen LogP contribution in [0.3, 0.4) is 0 Å². The third kappa shape index (κ3) is 4.44. The third-order valence-corrected chi connectivity index (χ3v) is 9.48.